The molecule has 0 unspecified atom stereocenters. The van der Waals surface area contributed by atoms with Crippen LogP contribution in [0.1, 0.15) is 0 Å². The van der Waals surface area contributed by atoms with Gasteiger partial charge < -0.3 is 0 Å². The topological polar surface area (TPSA) is 69.3 Å². The van der Waals surface area contributed by atoms with Crippen molar-refractivity contribution in [2.45, 2.75) is 0 Å². The van der Waals surface area contributed by atoms with Gasteiger partial charge in [0.1, 0.15) is 6.20 Å². The van der Waals surface area contributed by atoms with E-state index in [0.717, 1.165) is 6.20 Å². The minimum Gasteiger partial charge on any atom is -0.285 e. The largest absolute Gasteiger partial charge is 0.290 e. The first-order valence-electron chi connectivity index (χ1n) is 2.27. The van der Waals surface area contributed by atoms with Gasteiger partial charge in [0.25, 0.3) is 5.70 Å². The molecule has 5 nitrogen and oxygen atoms in total. The van der Waals surface area contributed by atoms with Crippen LogP contribution in [0, 0.1) is 10.1 Å². The molecule has 5 heteroatoms. The fourth-order valence-corrected chi connectivity index (χ4v) is 0.420. The molecule has 0 saturated carbocycles. The molecule has 47 valence electrons. The van der Waals surface area contributed by atoms with Crippen molar-refractivity contribution in [1.82, 2.24) is 10.9 Å². The molecule has 0 aromatic carbocycles. The molecule has 0 spiro atoms. The van der Waals surface area contributed by atoms with Gasteiger partial charge in [-0.15, -0.1) is 0 Å². The predicted molar refractivity (Wildman–Crippen MR) is 29.5 cm³/mol. The fourth-order valence-electron chi connectivity index (χ4n) is 0.420. The van der Waals surface area contributed by atoms with E-state index < -0.39 is 4.92 Å². The number of rotatable bonds is 1. The van der Waals surface area contributed by atoms with Crippen molar-refractivity contribution < 1.29 is 4.92 Å². The maximum atomic E-state index is 9.95. The summed E-state index contributed by atoms with van der Waals surface area (Å²) in [7, 11) is 0. The lowest BCUT2D eigenvalue weighted by atomic mass is 10.4. The Labute approximate surface area is 51.2 Å². The maximum absolute atomic E-state index is 9.95. The lowest BCUT2D eigenvalue weighted by Crippen LogP contribution is -2.18. The zero-order chi connectivity index (χ0) is 6.69. The highest BCUT2D eigenvalue weighted by Gasteiger charge is 2.07. The van der Waals surface area contributed by atoms with E-state index in [-0.39, 0.29) is 5.70 Å². The SMILES string of the molecule is O=[N+]([O-])C1=C[N]NC=C1. The van der Waals surface area contributed by atoms with E-state index in [0.29, 0.717) is 0 Å². The molecule has 1 rings (SSSR count). The van der Waals surface area contributed by atoms with Gasteiger partial charge in [0.2, 0.25) is 0 Å². The average molecular weight is 126 g/mol. The van der Waals surface area contributed by atoms with Gasteiger partial charge in [-0.2, -0.15) is 5.43 Å². The van der Waals surface area contributed by atoms with Gasteiger partial charge in [-0.3, -0.25) is 15.5 Å². The van der Waals surface area contributed by atoms with E-state index in [9.17, 15) is 10.1 Å². The van der Waals surface area contributed by atoms with Gasteiger partial charge in [0, 0.05) is 12.3 Å². The van der Waals surface area contributed by atoms with E-state index in [1.54, 1.807) is 0 Å². The molecule has 0 aromatic rings. The Hall–Kier alpha value is -1.52. The van der Waals surface area contributed by atoms with Gasteiger partial charge >= 0.3 is 0 Å². The molecule has 1 aliphatic rings. The second kappa shape index (κ2) is 2.17. The molecule has 0 aromatic heterocycles. The average Bonchev–Trinajstić information content (AvgIpc) is 1.90. The van der Waals surface area contributed by atoms with Crippen molar-refractivity contribution in [3.8, 4) is 0 Å². The highest BCUT2D eigenvalue weighted by atomic mass is 16.6. The summed E-state index contributed by atoms with van der Waals surface area (Å²) in [5.41, 5.74) is 5.87. The van der Waals surface area contributed by atoms with E-state index in [1.165, 1.54) is 12.3 Å². The Morgan fingerprint density at radius 3 is 2.89 bits per heavy atom. The van der Waals surface area contributed by atoms with Gasteiger partial charge in [-0.1, -0.05) is 0 Å². The molecule has 0 aliphatic carbocycles. The Morgan fingerprint density at radius 1 is 1.78 bits per heavy atom. The van der Waals surface area contributed by atoms with Crippen LogP contribution in [0.4, 0.5) is 0 Å². The van der Waals surface area contributed by atoms with E-state index in [4.69, 9.17) is 0 Å². The first-order valence-corrected chi connectivity index (χ1v) is 2.27. The number of nitrogens with zero attached hydrogens (tertiary/aromatic N) is 2. The van der Waals surface area contributed by atoms with Gasteiger partial charge in [-0.05, 0) is 0 Å². The van der Waals surface area contributed by atoms with E-state index in [2.05, 4.69) is 10.9 Å². The second-order valence-corrected chi connectivity index (χ2v) is 1.40. The third-order valence-electron chi connectivity index (χ3n) is 0.811. The zero-order valence-corrected chi connectivity index (χ0v) is 4.44. The summed E-state index contributed by atoms with van der Waals surface area (Å²) in [5.74, 6) is 0. The van der Waals surface area contributed by atoms with Crippen molar-refractivity contribution >= 4 is 0 Å². The van der Waals surface area contributed by atoms with Crippen molar-refractivity contribution in [2.24, 2.45) is 0 Å². The van der Waals surface area contributed by atoms with Crippen LogP contribution in [0.2, 0.25) is 0 Å². The van der Waals surface area contributed by atoms with Crippen LogP contribution in [0.5, 0.6) is 0 Å². The molecule has 1 aliphatic heterocycles. The minimum absolute atomic E-state index is 0.00579. The number of allylic oxidation sites excluding steroid dienone is 1. The fraction of sp³-hybridized carbons (Fsp3) is 0. The molecule has 0 bridgehead atoms. The Bertz CT molecular complexity index is 184. The summed E-state index contributed by atoms with van der Waals surface area (Å²) in [4.78, 5) is 9.45. The number of hydrogen-bond acceptors (Lipinski definition) is 3. The highest BCUT2D eigenvalue weighted by Crippen LogP contribution is 1.97. The van der Waals surface area contributed by atoms with E-state index in [1.807, 2.05) is 0 Å². The highest BCUT2D eigenvalue weighted by molar-refractivity contribution is 5.11. The summed E-state index contributed by atoms with van der Waals surface area (Å²) >= 11 is 0. The molecule has 0 atom stereocenters. The lowest BCUT2D eigenvalue weighted by molar-refractivity contribution is -0.419. The maximum Gasteiger partial charge on any atom is 0.290 e. The molecule has 9 heavy (non-hydrogen) atoms. The van der Waals surface area contributed by atoms with E-state index >= 15 is 0 Å². The van der Waals surface area contributed by atoms with Crippen molar-refractivity contribution in [2.75, 3.05) is 0 Å². The standard InChI is InChI=1S/C4H4N3O2/c8-7(9)4-1-2-5-6-3-4/h1-3,5H. The molecule has 0 fully saturated rings. The summed E-state index contributed by atoms with van der Waals surface area (Å²) in [6.45, 7) is 0. The molecule has 0 amide bonds. The Kier molecular flexibility index (Phi) is 1.35. The molecular formula is C4H4N3O2. The Morgan fingerprint density at radius 2 is 2.56 bits per heavy atom. The molecule has 1 heterocycles. The third kappa shape index (κ3) is 1.18. The number of nitro groups is 1. The summed E-state index contributed by atoms with van der Waals surface area (Å²) < 4.78 is 0. The quantitative estimate of drug-likeness (QED) is 0.388. The number of hydrogen-bond donors (Lipinski definition) is 1. The first-order chi connectivity index (χ1) is 4.30. The summed E-state index contributed by atoms with van der Waals surface area (Å²) in [6, 6.07) is 0. The minimum atomic E-state index is -0.499. The Balaban J connectivity index is 2.69. The van der Waals surface area contributed by atoms with Crippen LogP contribution in [-0.2, 0) is 0 Å². The summed E-state index contributed by atoms with van der Waals surface area (Å²) in [5, 5.41) is 9.95. The first kappa shape index (κ1) is 5.61. The van der Waals surface area contributed by atoms with Crippen LogP contribution in [0.3, 0.4) is 0 Å². The monoisotopic (exact) mass is 126 g/mol. The van der Waals surface area contributed by atoms with Gasteiger partial charge in [0.15, 0.2) is 0 Å². The molecule has 1 radical (unpaired) electrons. The zero-order valence-electron chi connectivity index (χ0n) is 4.44. The predicted octanol–water partition coefficient (Wildman–Crippen LogP) is -0.259. The van der Waals surface area contributed by atoms with Crippen LogP contribution in [0.25, 0.3) is 0 Å². The van der Waals surface area contributed by atoms with Crippen LogP contribution < -0.4 is 10.9 Å². The summed E-state index contributed by atoms with van der Waals surface area (Å²) in [6.07, 6.45) is 3.89. The second-order valence-electron chi connectivity index (χ2n) is 1.40. The van der Waals surface area contributed by atoms with Crippen LogP contribution >= 0.6 is 0 Å². The van der Waals surface area contributed by atoms with Crippen LogP contribution in [0.15, 0.2) is 24.2 Å². The molecule has 1 N–H and O–H groups in total. The molecule has 0 saturated heterocycles. The van der Waals surface area contributed by atoms with Crippen molar-refractivity contribution in [1.29, 1.82) is 0 Å². The molecular weight excluding hydrogens is 122 g/mol. The number of nitrogens with one attached hydrogen (secondary N) is 1. The van der Waals surface area contributed by atoms with Crippen molar-refractivity contribution in [3.05, 3.63) is 34.3 Å². The van der Waals surface area contributed by atoms with Crippen LogP contribution in [-0.4, -0.2) is 4.92 Å². The smallest absolute Gasteiger partial charge is 0.285 e. The lowest BCUT2D eigenvalue weighted by Gasteiger charge is -1.98. The van der Waals surface area contributed by atoms with Gasteiger partial charge in [0.05, 0.1) is 4.92 Å². The van der Waals surface area contributed by atoms with Crippen molar-refractivity contribution in [3.63, 3.8) is 0 Å². The third-order valence-corrected chi connectivity index (χ3v) is 0.811. The normalized spacial score (nSPS) is 15.3. The van der Waals surface area contributed by atoms with Gasteiger partial charge in [-0.25, -0.2) is 0 Å².